The van der Waals surface area contributed by atoms with Crippen LogP contribution in [0.15, 0.2) is 99.0 Å². The smallest absolute Gasteiger partial charge is 0.335 e. The van der Waals surface area contributed by atoms with Crippen molar-refractivity contribution in [1.29, 1.82) is 0 Å². The molecule has 0 aromatic heterocycles. The number of nitrogens with one attached hydrogen (secondary N) is 1. The summed E-state index contributed by atoms with van der Waals surface area (Å²) < 4.78 is 18.9. The number of hydrazone groups is 1. The van der Waals surface area contributed by atoms with E-state index in [4.69, 9.17) is 19.3 Å². The molecule has 0 aliphatic heterocycles. The second-order valence-electron chi connectivity index (χ2n) is 8.67. The van der Waals surface area contributed by atoms with E-state index in [2.05, 4.69) is 42.4 Å². The highest BCUT2D eigenvalue weighted by molar-refractivity contribution is 9.11. The fourth-order valence-corrected chi connectivity index (χ4v) is 5.14. The van der Waals surface area contributed by atoms with Crippen LogP contribution in [0.3, 0.4) is 0 Å². The van der Waals surface area contributed by atoms with Gasteiger partial charge in [0.1, 0.15) is 19.0 Å². The lowest BCUT2D eigenvalue weighted by Gasteiger charge is -2.13. The first-order chi connectivity index (χ1) is 19.8. The van der Waals surface area contributed by atoms with Gasteiger partial charge in [-0.25, -0.2) is 10.2 Å². The Balaban J connectivity index is 1.36. The van der Waals surface area contributed by atoms with Gasteiger partial charge in [0, 0.05) is 5.56 Å². The van der Waals surface area contributed by atoms with Crippen molar-refractivity contribution in [3.05, 3.63) is 122 Å². The van der Waals surface area contributed by atoms with E-state index in [1.807, 2.05) is 37.3 Å². The standard InChI is InChI=1S/C31H26Br2N2O6/c1-2-39-28-16-24(12-13-27(28)40-18-20-6-4-3-5-7-20)30(36)35-34-17-22-14-25(32)29(26(33)15-22)41-19-21-8-10-23(11-9-21)31(37)38/h3-17H,2,18-19H2,1H3,(H,35,36)(H,37,38)/b34-17+. The monoisotopic (exact) mass is 680 g/mol. The third-order valence-corrected chi connectivity index (χ3v) is 6.91. The molecule has 0 bridgehead atoms. The second kappa shape index (κ2) is 14.5. The van der Waals surface area contributed by atoms with Crippen LogP contribution in [0.5, 0.6) is 17.2 Å². The third-order valence-electron chi connectivity index (χ3n) is 5.73. The van der Waals surface area contributed by atoms with Gasteiger partial charge < -0.3 is 19.3 Å². The molecule has 0 fully saturated rings. The minimum Gasteiger partial charge on any atom is -0.490 e. The Morgan fingerprint density at radius 3 is 2.10 bits per heavy atom. The largest absolute Gasteiger partial charge is 0.490 e. The predicted octanol–water partition coefficient (Wildman–Crippen LogP) is 7.23. The van der Waals surface area contributed by atoms with Crippen LogP contribution in [-0.4, -0.2) is 29.8 Å². The first kappa shape index (κ1) is 29.8. The van der Waals surface area contributed by atoms with Crippen LogP contribution >= 0.6 is 31.9 Å². The van der Waals surface area contributed by atoms with Gasteiger partial charge in [0.15, 0.2) is 11.5 Å². The van der Waals surface area contributed by atoms with Gasteiger partial charge in [-0.1, -0.05) is 42.5 Å². The Morgan fingerprint density at radius 1 is 0.805 bits per heavy atom. The molecule has 4 aromatic carbocycles. The van der Waals surface area contributed by atoms with E-state index in [0.717, 1.165) is 11.1 Å². The molecule has 0 saturated carbocycles. The van der Waals surface area contributed by atoms with Gasteiger partial charge in [-0.3, -0.25) is 4.79 Å². The van der Waals surface area contributed by atoms with Gasteiger partial charge in [0.05, 0.1) is 27.3 Å². The number of hydrogen-bond acceptors (Lipinski definition) is 6. The molecule has 0 heterocycles. The zero-order valence-electron chi connectivity index (χ0n) is 22.0. The minimum atomic E-state index is -0.978. The highest BCUT2D eigenvalue weighted by Gasteiger charge is 2.13. The minimum absolute atomic E-state index is 0.214. The average molecular weight is 682 g/mol. The lowest BCUT2D eigenvalue weighted by atomic mass is 10.1. The number of benzene rings is 4. The Kier molecular flexibility index (Phi) is 10.5. The van der Waals surface area contributed by atoms with E-state index in [1.54, 1.807) is 42.5 Å². The van der Waals surface area contributed by atoms with Crippen LogP contribution in [0.4, 0.5) is 0 Å². The van der Waals surface area contributed by atoms with Crippen LogP contribution in [0.25, 0.3) is 0 Å². The summed E-state index contributed by atoms with van der Waals surface area (Å²) in [6.07, 6.45) is 1.52. The van der Waals surface area contributed by atoms with Crippen molar-refractivity contribution < 1.29 is 28.9 Å². The van der Waals surface area contributed by atoms with Crippen molar-refractivity contribution in [2.45, 2.75) is 20.1 Å². The first-order valence-corrected chi connectivity index (χ1v) is 14.1. The SMILES string of the molecule is CCOc1cc(C(=O)N/N=C/c2cc(Br)c(OCc3ccc(C(=O)O)cc3)c(Br)c2)ccc1OCc1ccccc1. The molecule has 41 heavy (non-hydrogen) atoms. The first-order valence-electron chi connectivity index (χ1n) is 12.5. The van der Waals surface area contributed by atoms with Crippen molar-refractivity contribution in [1.82, 2.24) is 5.43 Å². The molecule has 0 aliphatic rings. The quantitative estimate of drug-likeness (QED) is 0.121. The van der Waals surface area contributed by atoms with E-state index >= 15 is 0 Å². The van der Waals surface area contributed by atoms with Crippen molar-refractivity contribution >= 4 is 50.0 Å². The summed E-state index contributed by atoms with van der Waals surface area (Å²) in [6.45, 7) is 2.92. The Hall–Kier alpha value is -4.15. The molecule has 4 rings (SSSR count). The summed E-state index contributed by atoms with van der Waals surface area (Å²) in [4.78, 5) is 23.8. The summed E-state index contributed by atoms with van der Waals surface area (Å²) >= 11 is 7.02. The maximum absolute atomic E-state index is 12.8. The van der Waals surface area contributed by atoms with Gasteiger partial charge in [0.2, 0.25) is 0 Å². The number of aromatic carboxylic acids is 1. The number of amides is 1. The van der Waals surface area contributed by atoms with E-state index in [9.17, 15) is 9.59 Å². The number of carboxylic acids is 1. The Labute approximate surface area is 254 Å². The molecule has 0 aliphatic carbocycles. The van der Waals surface area contributed by atoms with Crippen LogP contribution in [0.2, 0.25) is 0 Å². The molecule has 0 unspecified atom stereocenters. The van der Waals surface area contributed by atoms with Gasteiger partial charge in [0.25, 0.3) is 5.91 Å². The fraction of sp³-hybridized carbons (Fsp3) is 0.129. The maximum Gasteiger partial charge on any atom is 0.335 e. The van der Waals surface area contributed by atoms with Crippen molar-refractivity contribution in [3.63, 3.8) is 0 Å². The molecule has 0 saturated heterocycles. The maximum atomic E-state index is 12.8. The molecular weight excluding hydrogens is 656 g/mol. The highest BCUT2D eigenvalue weighted by Crippen LogP contribution is 2.35. The molecule has 210 valence electrons. The third kappa shape index (κ3) is 8.42. The molecule has 0 radical (unpaired) electrons. The number of rotatable bonds is 12. The summed E-state index contributed by atoms with van der Waals surface area (Å²) in [5.41, 5.74) is 5.69. The van der Waals surface area contributed by atoms with Crippen LogP contribution in [0.1, 0.15) is 44.3 Å². The van der Waals surface area contributed by atoms with E-state index in [-0.39, 0.29) is 12.2 Å². The zero-order chi connectivity index (χ0) is 29.2. The van der Waals surface area contributed by atoms with E-state index in [0.29, 0.717) is 50.5 Å². The second-order valence-corrected chi connectivity index (χ2v) is 10.4. The number of ether oxygens (including phenoxy) is 3. The predicted molar refractivity (Wildman–Crippen MR) is 163 cm³/mol. The van der Waals surface area contributed by atoms with Gasteiger partial charge >= 0.3 is 5.97 Å². The van der Waals surface area contributed by atoms with Gasteiger partial charge in [-0.05, 0) is 97.9 Å². The van der Waals surface area contributed by atoms with E-state index < -0.39 is 11.9 Å². The number of carbonyl (C=O) groups is 2. The van der Waals surface area contributed by atoms with E-state index in [1.165, 1.54) is 18.3 Å². The normalized spacial score (nSPS) is 10.8. The molecule has 4 aromatic rings. The number of halogens is 2. The topological polar surface area (TPSA) is 106 Å². The summed E-state index contributed by atoms with van der Waals surface area (Å²) in [5, 5.41) is 13.1. The molecule has 0 atom stereocenters. The number of carboxylic acid groups (broad SMARTS) is 1. The Morgan fingerprint density at radius 2 is 1.44 bits per heavy atom. The molecule has 0 spiro atoms. The van der Waals surface area contributed by atoms with Crippen LogP contribution < -0.4 is 19.6 Å². The summed E-state index contributed by atoms with van der Waals surface area (Å²) in [6, 6.07) is 24.9. The Bertz CT molecular complexity index is 1520. The lowest BCUT2D eigenvalue weighted by molar-refractivity contribution is 0.0696. The van der Waals surface area contributed by atoms with Crippen LogP contribution in [-0.2, 0) is 13.2 Å². The molecule has 2 N–H and O–H groups in total. The average Bonchev–Trinajstić information content (AvgIpc) is 2.97. The van der Waals surface area contributed by atoms with Crippen molar-refractivity contribution in [2.75, 3.05) is 6.61 Å². The molecule has 8 nitrogen and oxygen atoms in total. The van der Waals surface area contributed by atoms with Crippen molar-refractivity contribution in [2.24, 2.45) is 5.10 Å². The summed E-state index contributed by atoms with van der Waals surface area (Å²) in [7, 11) is 0. The summed E-state index contributed by atoms with van der Waals surface area (Å²) in [5.74, 6) is 0.218. The lowest BCUT2D eigenvalue weighted by Crippen LogP contribution is -2.17. The van der Waals surface area contributed by atoms with Crippen LogP contribution in [0, 0.1) is 0 Å². The zero-order valence-corrected chi connectivity index (χ0v) is 25.1. The number of nitrogens with zero attached hydrogens (tertiary/aromatic N) is 1. The molecule has 10 heteroatoms. The number of carbonyl (C=O) groups excluding carboxylic acids is 1. The number of hydrogen-bond donors (Lipinski definition) is 2. The van der Waals surface area contributed by atoms with Gasteiger partial charge in [-0.2, -0.15) is 5.10 Å². The highest BCUT2D eigenvalue weighted by atomic mass is 79.9. The van der Waals surface area contributed by atoms with Crippen molar-refractivity contribution in [3.8, 4) is 17.2 Å². The fourth-order valence-electron chi connectivity index (χ4n) is 3.69. The van der Waals surface area contributed by atoms with Gasteiger partial charge in [-0.15, -0.1) is 0 Å². The molecule has 1 amide bonds. The molecular formula is C31H26Br2N2O6.